The molecule has 0 atom stereocenters. The predicted octanol–water partition coefficient (Wildman–Crippen LogP) is 0.509. The summed E-state index contributed by atoms with van der Waals surface area (Å²) in [5, 5.41) is 2.74. The van der Waals surface area contributed by atoms with Gasteiger partial charge < -0.3 is 20.0 Å². The largest absolute Gasteiger partial charge is 0.372 e. The number of imidazole rings is 1. The molecule has 0 aliphatic rings. The van der Waals surface area contributed by atoms with Crippen molar-refractivity contribution in [2.45, 2.75) is 13.5 Å². The van der Waals surface area contributed by atoms with Gasteiger partial charge in [-0.05, 0) is 24.6 Å². The van der Waals surface area contributed by atoms with Crippen molar-refractivity contribution in [1.82, 2.24) is 15.3 Å². The van der Waals surface area contributed by atoms with Gasteiger partial charge in [0.2, 0.25) is 5.91 Å². The van der Waals surface area contributed by atoms with E-state index in [-0.39, 0.29) is 18.2 Å². The second-order valence-corrected chi connectivity index (χ2v) is 3.87. The molecule has 6 heteroatoms. The number of carbonyl (C=O) groups excluding carboxylic acids is 1. The van der Waals surface area contributed by atoms with Crippen LogP contribution in [0.5, 0.6) is 0 Å². The molecule has 0 bridgehead atoms. The van der Waals surface area contributed by atoms with Crippen LogP contribution in [0, 0.1) is 0 Å². The minimum absolute atomic E-state index is 0.0692. The number of fused-ring (bicyclic) bond motifs is 1. The number of H-pyrrole nitrogens is 2. The van der Waals surface area contributed by atoms with Gasteiger partial charge in [0, 0.05) is 13.2 Å². The molecule has 96 valence electrons. The number of aromatic nitrogens is 2. The van der Waals surface area contributed by atoms with E-state index in [0.717, 1.165) is 16.6 Å². The van der Waals surface area contributed by atoms with Crippen LogP contribution >= 0.6 is 0 Å². The molecule has 0 saturated carbocycles. The molecule has 2 rings (SSSR count). The van der Waals surface area contributed by atoms with Gasteiger partial charge in [-0.15, -0.1) is 0 Å². The van der Waals surface area contributed by atoms with Crippen LogP contribution < -0.4 is 11.0 Å². The molecule has 0 fully saturated rings. The molecule has 3 N–H and O–H groups in total. The lowest BCUT2D eigenvalue weighted by Crippen LogP contribution is -2.27. The number of nitrogens with one attached hydrogen (secondary N) is 3. The van der Waals surface area contributed by atoms with E-state index in [1.807, 2.05) is 19.1 Å². The Morgan fingerprint density at radius 3 is 2.89 bits per heavy atom. The molecule has 0 unspecified atom stereocenters. The summed E-state index contributed by atoms with van der Waals surface area (Å²) >= 11 is 0. The fourth-order valence-electron chi connectivity index (χ4n) is 1.64. The maximum atomic E-state index is 11.3. The van der Waals surface area contributed by atoms with Gasteiger partial charge in [0.15, 0.2) is 0 Å². The van der Waals surface area contributed by atoms with Crippen molar-refractivity contribution < 1.29 is 9.53 Å². The third-order valence-electron chi connectivity index (χ3n) is 2.51. The number of ether oxygens (including phenoxy) is 1. The number of hydrogen-bond donors (Lipinski definition) is 3. The van der Waals surface area contributed by atoms with Crippen molar-refractivity contribution in [2.75, 3.05) is 13.2 Å². The quantitative estimate of drug-likeness (QED) is 0.721. The Bertz CT molecular complexity index is 600. The number of aromatic amines is 2. The van der Waals surface area contributed by atoms with Crippen molar-refractivity contribution >= 4 is 16.9 Å². The number of hydrogen-bond acceptors (Lipinski definition) is 3. The maximum absolute atomic E-state index is 11.3. The van der Waals surface area contributed by atoms with E-state index in [2.05, 4.69) is 15.3 Å². The van der Waals surface area contributed by atoms with Crippen molar-refractivity contribution in [3.8, 4) is 0 Å². The van der Waals surface area contributed by atoms with Crippen LogP contribution in [0.1, 0.15) is 12.5 Å². The van der Waals surface area contributed by atoms with Crippen LogP contribution in [0.25, 0.3) is 11.0 Å². The standard InChI is InChI=1S/C12H15N3O3/c1-2-18-7-11(16)13-6-8-3-4-9-10(5-8)15-12(17)14-9/h3-5H,2,6-7H2,1H3,(H,13,16)(H2,14,15,17). The van der Waals surface area contributed by atoms with Crippen LogP contribution in [0.2, 0.25) is 0 Å². The molecule has 0 spiro atoms. The van der Waals surface area contributed by atoms with E-state index >= 15 is 0 Å². The Labute approximate surface area is 103 Å². The van der Waals surface area contributed by atoms with Gasteiger partial charge in [0.05, 0.1) is 11.0 Å². The molecule has 1 aromatic carbocycles. The Morgan fingerprint density at radius 1 is 1.33 bits per heavy atom. The highest BCUT2D eigenvalue weighted by Gasteiger charge is 2.03. The molecule has 0 saturated heterocycles. The molecule has 0 radical (unpaired) electrons. The number of rotatable bonds is 5. The molecule has 1 amide bonds. The normalized spacial score (nSPS) is 10.7. The van der Waals surface area contributed by atoms with E-state index in [1.54, 1.807) is 6.07 Å². The summed E-state index contributed by atoms with van der Waals surface area (Å²) in [5.41, 5.74) is 2.17. The minimum Gasteiger partial charge on any atom is -0.372 e. The van der Waals surface area contributed by atoms with Gasteiger partial charge in [0.1, 0.15) is 6.61 Å². The van der Waals surface area contributed by atoms with Crippen LogP contribution in [0.15, 0.2) is 23.0 Å². The highest BCUT2D eigenvalue weighted by Crippen LogP contribution is 2.09. The van der Waals surface area contributed by atoms with E-state index in [4.69, 9.17) is 4.74 Å². The van der Waals surface area contributed by atoms with Gasteiger partial charge in [-0.3, -0.25) is 4.79 Å². The first kappa shape index (κ1) is 12.4. The molecular weight excluding hydrogens is 234 g/mol. The van der Waals surface area contributed by atoms with Crippen molar-refractivity contribution in [3.63, 3.8) is 0 Å². The van der Waals surface area contributed by atoms with Crippen LogP contribution in [0.3, 0.4) is 0 Å². The molecule has 0 aliphatic carbocycles. The minimum atomic E-state index is -0.234. The lowest BCUT2D eigenvalue weighted by Gasteiger charge is -2.05. The van der Waals surface area contributed by atoms with E-state index < -0.39 is 0 Å². The van der Waals surface area contributed by atoms with E-state index in [0.29, 0.717) is 13.2 Å². The predicted molar refractivity (Wildman–Crippen MR) is 67.3 cm³/mol. The molecule has 2 aromatic rings. The summed E-state index contributed by atoms with van der Waals surface area (Å²) in [7, 11) is 0. The van der Waals surface area contributed by atoms with Gasteiger partial charge in [-0.2, -0.15) is 0 Å². The summed E-state index contributed by atoms with van der Waals surface area (Å²) in [6, 6.07) is 5.48. The zero-order valence-corrected chi connectivity index (χ0v) is 10.1. The molecule has 0 aliphatic heterocycles. The van der Waals surface area contributed by atoms with Crippen molar-refractivity contribution in [2.24, 2.45) is 0 Å². The monoisotopic (exact) mass is 249 g/mol. The number of amides is 1. The fourth-order valence-corrected chi connectivity index (χ4v) is 1.64. The summed E-state index contributed by atoms with van der Waals surface area (Å²) in [6.07, 6.45) is 0. The number of benzene rings is 1. The molecule has 6 nitrogen and oxygen atoms in total. The van der Waals surface area contributed by atoms with Gasteiger partial charge in [0.25, 0.3) is 0 Å². The van der Waals surface area contributed by atoms with Crippen LogP contribution in [-0.4, -0.2) is 29.1 Å². The lowest BCUT2D eigenvalue weighted by molar-refractivity contribution is -0.125. The fraction of sp³-hybridized carbons (Fsp3) is 0.333. The van der Waals surface area contributed by atoms with Gasteiger partial charge >= 0.3 is 5.69 Å². The Morgan fingerprint density at radius 2 is 2.11 bits per heavy atom. The SMILES string of the molecule is CCOCC(=O)NCc1ccc2[nH]c(=O)[nH]c2c1. The van der Waals surface area contributed by atoms with Gasteiger partial charge in [-0.1, -0.05) is 6.07 Å². The van der Waals surface area contributed by atoms with Crippen molar-refractivity contribution in [3.05, 3.63) is 34.2 Å². The van der Waals surface area contributed by atoms with Gasteiger partial charge in [-0.25, -0.2) is 4.79 Å². The Balaban J connectivity index is 1.99. The third kappa shape index (κ3) is 2.98. The second kappa shape index (κ2) is 5.50. The number of carbonyl (C=O) groups is 1. The highest BCUT2D eigenvalue weighted by atomic mass is 16.5. The first-order valence-corrected chi connectivity index (χ1v) is 5.74. The zero-order valence-electron chi connectivity index (χ0n) is 10.1. The summed E-state index contributed by atoms with van der Waals surface area (Å²) in [5.74, 6) is -0.153. The molecular formula is C12H15N3O3. The maximum Gasteiger partial charge on any atom is 0.323 e. The smallest absolute Gasteiger partial charge is 0.323 e. The highest BCUT2D eigenvalue weighted by molar-refractivity contribution is 5.78. The van der Waals surface area contributed by atoms with Crippen LogP contribution in [-0.2, 0) is 16.1 Å². The first-order valence-electron chi connectivity index (χ1n) is 5.74. The topological polar surface area (TPSA) is 87.0 Å². The average molecular weight is 249 g/mol. The third-order valence-corrected chi connectivity index (χ3v) is 2.51. The lowest BCUT2D eigenvalue weighted by atomic mass is 10.2. The Kier molecular flexibility index (Phi) is 3.78. The zero-order chi connectivity index (χ0) is 13.0. The van der Waals surface area contributed by atoms with Crippen LogP contribution in [0.4, 0.5) is 0 Å². The van der Waals surface area contributed by atoms with E-state index in [9.17, 15) is 9.59 Å². The molecule has 1 aromatic heterocycles. The first-order chi connectivity index (χ1) is 8.69. The average Bonchev–Trinajstić information content (AvgIpc) is 2.73. The summed E-state index contributed by atoms with van der Waals surface area (Å²) in [4.78, 5) is 27.8. The van der Waals surface area contributed by atoms with E-state index in [1.165, 1.54) is 0 Å². The molecule has 18 heavy (non-hydrogen) atoms. The summed E-state index contributed by atoms with van der Waals surface area (Å²) in [6.45, 7) is 2.84. The molecule has 1 heterocycles. The summed E-state index contributed by atoms with van der Waals surface area (Å²) < 4.78 is 4.99. The van der Waals surface area contributed by atoms with Crippen molar-refractivity contribution in [1.29, 1.82) is 0 Å². The second-order valence-electron chi connectivity index (χ2n) is 3.87. The Hall–Kier alpha value is -2.08.